The predicted molar refractivity (Wildman–Crippen MR) is 143 cm³/mol. The van der Waals surface area contributed by atoms with Gasteiger partial charge in [-0.1, -0.05) is 62.4 Å². The molecule has 0 bridgehead atoms. The van der Waals surface area contributed by atoms with Gasteiger partial charge in [-0.05, 0) is 67.5 Å². The minimum Gasteiger partial charge on any atom is -0.507 e. The van der Waals surface area contributed by atoms with Gasteiger partial charge in [0.2, 0.25) is 0 Å². The molecule has 4 rings (SSSR count). The number of nitrogens with zero attached hydrogens (tertiary/aromatic N) is 2. The second-order valence-electron chi connectivity index (χ2n) is 9.99. The van der Waals surface area contributed by atoms with Crippen LogP contribution in [0.3, 0.4) is 0 Å². The van der Waals surface area contributed by atoms with Gasteiger partial charge in [-0.25, -0.2) is 0 Å². The van der Waals surface area contributed by atoms with Gasteiger partial charge in [0, 0.05) is 12.1 Å². The van der Waals surface area contributed by atoms with Gasteiger partial charge in [0.05, 0.1) is 18.2 Å². The van der Waals surface area contributed by atoms with Gasteiger partial charge >= 0.3 is 0 Å². The van der Waals surface area contributed by atoms with Crippen molar-refractivity contribution in [3.8, 4) is 5.75 Å². The Bertz CT molecular complexity index is 1290. The van der Waals surface area contributed by atoms with Crippen LogP contribution in [0.25, 0.3) is 16.5 Å². The standard InChI is InChI=1S/C30H34N2O4/c1-20(2)19-36-25-12-7-11-23(18-25)27-26(29(34)30(35)32(27)16-8-15-31(3)4)28(33)24-14-13-21-9-5-6-10-22(21)17-24/h5-7,9-14,17-18,20,27,33H,8,15-16,19H2,1-4H3/b28-26-. The van der Waals surface area contributed by atoms with Crippen LogP contribution in [0, 0.1) is 5.92 Å². The fourth-order valence-electron chi connectivity index (χ4n) is 4.54. The number of rotatable bonds is 9. The summed E-state index contributed by atoms with van der Waals surface area (Å²) >= 11 is 0. The number of amides is 1. The van der Waals surface area contributed by atoms with Crippen LogP contribution in [0.4, 0.5) is 0 Å². The highest BCUT2D eigenvalue weighted by Crippen LogP contribution is 2.40. The number of hydrogen-bond donors (Lipinski definition) is 1. The second-order valence-corrected chi connectivity index (χ2v) is 9.99. The zero-order valence-electron chi connectivity index (χ0n) is 21.4. The summed E-state index contributed by atoms with van der Waals surface area (Å²) < 4.78 is 5.92. The Morgan fingerprint density at radius 1 is 1.00 bits per heavy atom. The zero-order chi connectivity index (χ0) is 25.8. The number of aliphatic hydroxyl groups is 1. The Morgan fingerprint density at radius 2 is 1.75 bits per heavy atom. The molecule has 3 aromatic rings. The molecule has 188 valence electrons. The maximum Gasteiger partial charge on any atom is 0.295 e. The number of benzene rings is 3. The highest BCUT2D eigenvalue weighted by Gasteiger charge is 2.45. The van der Waals surface area contributed by atoms with Crippen molar-refractivity contribution in [2.24, 2.45) is 5.92 Å². The van der Waals surface area contributed by atoms with E-state index < -0.39 is 17.7 Å². The second kappa shape index (κ2) is 11.0. The molecule has 1 heterocycles. The van der Waals surface area contributed by atoms with Crippen LogP contribution < -0.4 is 4.74 Å². The van der Waals surface area contributed by atoms with E-state index in [1.165, 1.54) is 0 Å². The molecular formula is C30H34N2O4. The van der Waals surface area contributed by atoms with Crippen molar-refractivity contribution >= 4 is 28.2 Å². The van der Waals surface area contributed by atoms with E-state index in [1.807, 2.05) is 79.7 Å². The van der Waals surface area contributed by atoms with Crippen LogP contribution in [0.1, 0.15) is 37.4 Å². The summed E-state index contributed by atoms with van der Waals surface area (Å²) in [7, 11) is 3.95. The summed E-state index contributed by atoms with van der Waals surface area (Å²) in [5, 5.41) is 13.4. The minimum absolute atomic E-state index is 0.112. The molecule has 0 spiro atoms. The SMILES string of the molecule is CC(C)COc1cccc(C2/C(=C(/O)c3ccc4ccccc4c3)C(=O)C(=O)N2CCCN(C)C)c1. The molecule has 0 saturated carbocycles. The van der Waals surface area contributed by atoms with Crippen molar-refractivity contribution in [2.45, 2.75) is 26.3 Å². The number of ether oxygens (including phenoxy) is 1. The van der Waals surface area contributed by atoms with E-state index in [0.29, 0.717) is 36.8 Å². The molecule has 1 atom stereocenters. The lowest BCUT2D eigenvalue weighted by atomic mass is 9.94. The van der Waals surface area contributed by atoms with Crippen LogP contribution in [0.2, 0.25) is 0 Å². The molecule has 1 saturated heterocycles. The number of likely N-dealkylation sites (tertiary alicyclic amines) is 1. The van der Waals surface area contributed by atoms with Gasteiger partial charge in [0.15, 0.2) is 0 Å². The zero-order valence-corrected chi connectivity index (χ0v) is 21.4. The summed E-state index contributed by atoms with van der Waals surface area (Å²) in [6.45, 7) is 5.89. The van der Waals surface area contributed by atoms with E-state index in [1.54, 1.807) is 11.0 Å². The van der Waals surface area contributed by atoms with Gasteiger partial charge in [0.25, 0.3) is 11.7 Å². The lowest BCUT2D eigenvalue weighted by molar-refractivity contribution is -0.139. The van der Waals surface area contributed by atoms with Crippen molar-refractivity contribution in [3.05, 3.63) is 83.4 Å². The Hall–Kier alpha value is -3.64. The predicted octanol–water partition coefficient (Wildman–Crippen LogP) is 5.25. The summed E-state index contributed by atoms with van der Waals surface area (Å²) in [5.41, 5.74) is 1.36. The van der Waals surface area contributed by atoms with Gasteiger partial charge in [-0.15, -0.1) is 0 Å². The Balaban J connectivity index is 1.80. The number of hydrogen-bond acceptors (Lipinski definition) is 5. The van der Waals surface area contributed by atoms with E-state index in [4.69, 9.17) is 4.74 Å². The molecule has 6 nitrogen and oxygen atoms in total. The molecule has 0 aliphatic carbocycles. The van der Waals surface area contributed by atoms with Gasteiger partial charge in [-0.3, -0.25) is 9.59 Å². The lowest BCUT2D eigenvalue weighted by Gasteiger charge is -2.26. The smallest absolute Gasteiger partial charge is 0.295 e. The van der Waals surface area contributed by atoms with Crippen molar-refractivity contribution < 1.29 is 19.4 Å². The number of carbonyl (C=O) groups excluding carboxylic acids is 2. The molecule has 1 unspecified atom stereocenters. The van der Waals surface area contributed by atoms with Crippen molar-refractivity contribution in [1.82, 2.24) is 9.80 Å². The van der Waals surface area contributed by atoms with Crippen molar-refractivity contribution in [2.75, 3.05) is 33.8 Å². The van der Waals surface area contributed by atoms with Crippen LogP contribution >= 0.6 is 0 Å². The van der Waals surface area contributed by atoms with E-state index in [0.717, 1.165) is 22.9 Å². The minimum atomic E-state index is -0.693. The van der Waals surface area contributed by atoms with Crippen LogP contribution in [-0.2, 0) is 9.59 Å². The fourth-order valence-corrected chi connectivity index (χ4v) is 4.54. The fraction of sp³-hybridized carbons (Fsp3) is 0.333. The molecule has 1 fully saturated rings. The Morgan fingerprint density at radius 3 is 2.47 bits per heavy atom. The molecular weight excluding hydrogens is 452 g/mol. The van der Waals surface area contributed by atoms with Gasteiger partial charge < -0.3 is 19.6 Å². The van der Waals surface area contributed by atoms with Crippen molar-refractivity contribution in [1.29, 1.82) is 0 Å². The van der Waals surface area contributed by atoms with E-state index >= 15 is 0 Å². The number of ketones is 1. The Kier molecular flexibility index (Phi) is 7.75. The quantitative estimate of drug-likeness (QED) is 0.254. The first-order chi connectivity index (χ1) is 17.3. The number of carbonyl (C=O) groups is 2. The van der Waals surface area contributed by atoms with Gasteiger partial charge in [-0.2, -0.15) is 0 Å². The molecule has 36 heavy (non-hydrogen) atoms. The first-order valence-electron chi connectivity index (χ1n) is 12.4. The molecule has 1 amide bonds. The lowest BCUT2D eigenvalue weighted by Crippen LogP contribution is -2.32. The molecule has 1 aliphatic rings. The average molecular weight is 487 g/mol. The molecule has 0 aromatic heterocycles. The van der Waals surface area contributed by atoms with Crippen molar-refractivity contribution in [3.63, 3.8) is 0 Å². The van der Waals surface area contributed by atoms with Gasteiger partial charge in [0.1, 0.15) is 11.5 Å². The van der Waals surface area contributed by atoms with Crippen LogP contribution in [0.15, 0.2) is 72.3 Å². The topological polar surface area (TPSA) is 70.1 Å². The third-order valence-electron chi connectivity index (χ3n) is 6.32. The highest BCUT2D eigenvalue weighted by atomic mass is 16.5. The molecule has 0 radical (unpaired) electrons. The molecule has 1 aliphatic heterocycles. The van der Waals surface area contributed by atoms with Crippen LogP contribution in [0.5, 0.6) is 5.75 Å². The first-order valence-corrected chi connectivity index (χ1v) is 12.4. The molecule has 1 N–H and O–H groups in total. The molecule has 6 heteroatoms. The number of aliphatic hydroxyl groups excluding tert-OH is 1. The summed E-state index contributed by atoms with van der Waals surface area (Å²) in [4.78, 5) is 30.2. The monoisotopic (exact) mass is 486 g/mol. The number of fused-ring (bicyclic) bond motifs is 1. The average Bonchev–Trinajstić information content (AvgIpc) is 3.11. The Labute approximate surface area is 212 Å². The molecule has 3 aromatic carbocycles. The normalized spacial score (nSPS) is 17.5. The highest BCUT2D eigenvalue weighted by molar-refractivity contribution is 6.46. The third kappa shape index (κ3) is 5.44. The summed E-state index contributed by atoms with van der Waals surface area (Å²) in [6, 6.07) is 20.2. The third-order valence-corrected chi connectivity index (χ3v) is 6.32. The van der Waals surface area contributed by atoms with Crippen LogP contribution in [-0.4, -0.2) is 60.4 Å². The van der Waals surface area contributed by atoms with E-state index in [-0.39, 0.29) is 11.3 Å². The largest absolute Gasteiger partial charge is 0.507 e. The maximum atomic E-state index is 13.3. The van der Waals surface area contributed by atoms with E-state index in [2.05, 4.69) is 13.8 Å². The summed E-state index contributed by atoms with van der Waals surface area (Å²) in [6.07, 6.45) is 0.704. The maximum absolute atomic E-state index is 13.3. The first kappa shape index (κ1) is 25.5. The summed E-state index contributed by atoms with van der Waals surface area (Å²) in [5.74, 6) is -0.379. The number of Topliss-reactive ketones (excluding diaryl/α,β-unsaturated/α-hetero) is 1. The van der Waals surface area contributed by atoms with E-state index in [9.17, 15) is 14.7 Å².